The number of piperidine rings is 2. The molecule has 0 aromatic heterocycles. The van der Waals surface area contributed by atoms with Gasteiger partial charge in [-0.25, -0.2) is 9.69 Å². The van der Waals surface area contributed by atoms with Crippen LogP contribution in [-0.2, 0) is 9.59 Å². The zero-order valence-corrected chi connectivity index (χ0v) is 21.0. The third-order valence-corrected chi connectivity index (χ3v) is 7.47. The molecule has 10 nitrogen and oxygen atoms in total. The second-order valence-corrected chi connectivity index (χ2v) is 9.54. The summed E-state index contributed by atoms with van der Waals surface area (Å²) in [6.07, 6.45) is 5.88. The Bertz CT molecular complexity index is 942. The minimum Gasteiger partial charge on any atom is -0.493 e. The van der Waals surface area contributed by atoms with E-state index in [1.54, 1.807) is 11.9 Å². The number of amides is 4. The molecule has 1 N–H and O–H groups in total. The van der Waals surface area contributed by atoms with E-state index in [1.165, 1.54) is 52.7 Å². The first kappa shape index (κ1) is 25.1. The lowest BCUT2D eigenvalue weighted by atomic mass is 9.83. The van der Waals surface area contributed by atoms with Gasteiger partial charge in [0.2, 0.25) is 11.7 Å². The van der Waals surface area contributed by atoms with Crippen molar-refractivity contribution < 1.29 is 28.6 Å². The molecule has 3 aliphatic rings. The number of hydrogen-bond acceptors (Lipinski definition) is 7. The number of rotatable bonds is 8. The molecule has 0 aliphatic carbocycles. The van der Waals surface area contributed by atoms with Crippen LogP contribution >= 0.6 is 0 Å². The van der Waals surface area contributed by atoms with Gasteiger partial charge in [-0.3, -0.25) is 9.59 Å². The summed E-state index contributed by atoms with van der Waals surface area (Å²) in [7, 11) is 6.19. The average Bonchev–Trinajstić information content (AvgIpc) is 3.15. The Balaban J connectivity index is 1.42. The monoisotopic (exact) mass is 488 g/mol. The highest BCUT2D eigenvalue weighted by Crippen LogP contribution is 2.41. The van der Waals surface area contributed by atoms with Crippen LogP contribution in [0, 0.1) is 5.92 Å². The Kier molecular flexibility index (Phi) is 7.69. The van der Waals surface area contributed by atoms with Gasteiger partial charge in [-0.1, -0.05) is 6.42 Å². The van der Waals surface area contributed by atoms with Crippen LogP contribution in [0.4, 0.5) is 10.5 Å². The quantitative estimate of drug-likeness (QED) is 0.560. The number of carbonyl (C=O) groups is 3. The molecule has 3 aliphatic heterocycles. The summed E-state index contributed by atoms with van der Waals surface area (Å²) in [6.45, 7) is 2.97. The number of nitrogens with zero attached hydrogens (tertiary/aromatic N) is 3. The van der Waals surface area contributed by atoms with Crippen molar-refractivity contribution in [2.24, 2.45) is 5.92 Å². The van der Waals surface area contributed by atoms with E-state index < -0.39 is 18.0 Å². The number of carbonyl (C=O) groups excluding carboxylic acids is 3. The first-order chi connectivity index (χ1) is 16.9. The van der Waals surface area contributed by atoms with Crippen molar-refractivity contribution >= 4 is 23.5 Å². The Labute approximate surface area is 206 Å². The summed E-state index contributed by atoms with van der Waals surface area (Å²) in [4.78, 5) is 44.2. The molecular weight excluding hydrogens is 452 g/mol. The van der Waals surface area contributed by atoms with Gasteiger partial charge in [-0.05, 0) is 44.7 Å². The van der Waals surface area contributed by atoms with Crippen LogP contribution < -0.4 is 24.4 Å². The fourth-order valence-corrected chi connectivity index (χ4v) is 5.68. The number of ether oxygens (including phenoxy) is 3. The normalized spacial score (nSPS) is 24.6. The van der Waals surface area contributed by atoms with Crippen molar-refractivity contribution in [1.29, 1.82) is 0 Å². The molecule has 4 amide bonds. The van der Waals surface area contributed by atoms with Crippen LogP contribution in [0.3, 0.4) is 0 Å². The van der Waals surface area contributed by atoms with Crippen molar-refractivity contribution in [2.45, 2.75) is 50.6 Å². The molecule has 192 valence electrons. The number of fused-ring (bicyclic) bond motifs is 1. The third-order valence-electron chi connectivity index (χ3n) is 7.47. The highest BCUT2D eigenvalue weighted by Gasteiger charge is 2.42. The smallest absolute Gasteiger partial charge is 0.329 e. The minimum atomic E-state index is -0.922. The number of imide groups is 1. The van der Waals surface area contributed by atoms with Crippen molar-refractivity contribution in [3.05, 3.63) is 12.1 Å². The third kappa shape index (κ3) is 5.03. The molecule has 0 radical (unpaired) electrons. The molecule has 1 aromatic carbocycles. The molecule has 0 unspecified atom stereocenters. The highest BCUT2D eigenvalue weighted by molar-refractivity contribution is 6.22. The standard InChI is InChI=1S/C25H36N4O6/c1-27(15-16-8-7-11-28-10-6-5-9-19(16)28)22(30)14-18-24(31)29(25(32)26-18)17-12-20(33-2)23(35-4)21(13-17)34-3/h12-13,16,18-19H,5-11,14-15H2,1-4H3,(H,26,32)/t16-,18+,19+/m0/s1. The van der Waals surface area contributed by atoms with E-state index >= 15 is 0 Å². The lowest BCUT2D eigenvalue weighted by molar-refractivity contribution is -0.133. The van der Waals surface area contributed by atoms with Crippen LogP contribution in [0.2, 0.25) is 0 Å². The van der Waals surface area contributed by atoms with Gasteiger partial charge >= 0.3 is 6.03 Å². The molecule has 0 spiro atoms. The number of methoxy groups -OCH3 is 3. The van der Waals surface area contributed by atoms with Gasteiger partial charge in [0.05, 0.1) is 33.4 Å². The fourth-order valence-electron chi connectivity index (χ4n) is 5.68. The largest absolute Gasteiger partial charge is 0.493 e. The van der Waals surface area contributed by atoms with Crippen molar-refractivity contribution in [1.82, 2.24) is 15.1 Å². The van der Waals surface area contributed by atoms with Gasteiger partial charge < -0.3 is 29.3 Å². The highest BCUT2D eigenvalue weighted by atomic mass is 16.5. The lowest BCUT2D eigenvalue weighted by Crippen LogP contribution is -2.51. The predicted molar refractivity (Wildman–Crippen MR) is 130 cm³/mol. The van der Waals surface area contributed by atoms with Gasteiger partial charge in [-0.2, -0.15) is 0 Å². The Morgan fingerprint density at radius 2 is 1.71 bits per heavy atom. The maximum atomic E-state index is 13.2. The summed E-state index contributed by atoms with van der Waals surface area (Å²) in [5.41, 5.74) is 0.282. The second kappa shape index (κ2) is 10.7. The topological polar surface area (TPSA) is 101 Å². The molecule has 3 heterocycles. The Hall–Kier alpha value is -3.01. The molecule has 0 bridgehead atoms. The van der Waals surface area contributed by atoms with Gasteiger partial charge in [0.1, 0.15) is 6.04 Å². The minimum absolute atomic E-state index is 0.0803. The SMILES string of the molecule is COc1cc(N2C(=O)N[C@H](CC(=O)N(C)C[C@@H]3CCCN4CCCC[C@H]34)C2=O)cc(OC)c1OC. The van der Waals surface area contributed by atoms with Crippen molar-refractivity contribution in [3.8, 4) is 17.2 Å². The van der Waals surface area contributed by atoms with E-state index in [4.69, 9.17) is 14.2 Å². The van der Waals surface area contributed by atoms with E-state index in [9.17, 15) is 14.4 Å². The van der Waals surface area contributed by atoms with E-state index in [1.807, 2.05) is 0 Å². The molecule has 35 heavy (non-hydrogen) atoms. The zero-order chi connectivity index (χ0) is 25.1. The van der Waals surface area contributed by atoms with Crippen LogP contribution in [0.1, 0.15) is 38.5 Å². The lowest BCUT2D eigenvalue weighted by Gasteiger charge is -2.45. The number of anilines is 1. The summed E-state index contributed by atoms with van der Waals surface area (Å²) in [5, 5.41) is 2.66. The van der Waals surface area contributed by atoms with Crippen LogP contribution in [0.5, 0.6) is 17.2 Å². The predicted octanol–water partition coefficient (Wildman–Crippen LogP) is 2.25. The Morgan fingerprint density at radius 3 is 2.37 bits per heavy atom. The number of urea groups is 1. The summed E-state index contributed by atoms with van der Waals surface area (Å²) in [5.74, 6) is 0.823. The van der Waals surface area contributed by atoms with Gasteiger partial charge in [0, 0.05) is 31.8 Å². The number of nitrogens with one attached hydrogen (secondary N) is 1. The summed E-state index contributed by atoms with van der Waals surface area (Å²) < 4.78 is 16.0. The van der Waals surface area contributed by atoms with Crippen LogP contribution in [0.25, 0.3) is 0 Å². The summed E-state index contributed by atoms with van der Waals surface area (Å²) in [6, 6.07) is 2.10. The van der Waals surface area contributed by atoms with E-state index in [0.717, 1.165) is 30.8 Å². The maximum Gasteiger partial charge on any atom is 0.329 e. The molecule has 3 fully saturated rings. The molecule has 3 saturated heterocycles. The first-order valence-electron chi connectivity index (χ1n) is 12.3. The second-order valence-electron chi connectivity index (χ2n) is 9.54. The van der Waals surface area contributed by atoms with Gasteiger partial charge in [-0.15, -0.1) is 0 Å². The average molecular weight is 489 g/mol. The number of hydrogen-bond donors (Lipinski definition) is 1. The number of benzene rings is 1. The maximum absolute atomic E-state index is 13.2. The van der Waals surface area contributed by atoms with Gasteiger partial charge in [0.25, 0.3) is 5.91 Å². The van der Waals surface area contributed by atoms with Crippen molar-refractivity contribution in [3.63, 3.8) is 0 Å². The molecule has 10 heteroatoms. The zero-order valence-electron chi connectivity index (χ0n) is 21.0. The molecule has 3 atom stereocenters. The molecule has 4 rings (SSSR count). The Morgan fingerprint density at radius 1 is 1.03 bits per heavy atom. The first-order valence-corrected chi connectivity index (χ1v) is 12.3. The fraction of sp³-hybridized carbons (Fsp3) is 0.640. The van der Waals surface area contributed by atoms with E-state index in [0.29, 0.717) is 35.8 Å². The molecular formula is C25H36N4O6. The van der Waals surface area contributed by atoms with Crippen LogP contribution in [0.15, 0.2) is 12.1 Å². The van der Waals surface area contributed by atoms with Gasteiger partial charge in [0.15, 0.2) is 11.5 Å². The molecule has 1 aromatic rings. The van der Waals surface area contributed by atoms with Crippen LogP contribution in [-0.4, -0.2) is 87.7 Å². The molecule has 0 saturated carbocycles. The van der Waals surface area contributed by atoms with E-state index in [2.05, 4.69) is 10.2 Å². The van der Waals surface area contributed by atoms with Crippen molar-refractivity contribution in [2.75, 3.05) is 52.9 Å². The van der Waals surface area contributed by atoms with E-state index in [-0.39, 0.29) is 18.0 Å². The summed E-state index contributed by atoms with van der Waals surface area (Å²) >= 11 is 0.